The molecule has 0 saturated heterocycles. The van der Waals surface area contributed by atoms with E-state index in [1.54, 1.807) is 0 Å². The van der Waals surface area contributed by atoms with Gasteiger partial charge in [-0.2, -0.15) is 5.26 Å². The molecule has 0 aromatic rings. The van der Waals surface area contributed by atoms with Crippen LogP contribution in [-0.4, -0.2) is 20.2 Å². The molecule has 1 N–H and O–H groups in total. The van der Waals surface area contributed by atoms with Gasteiger partial charge in [-0.25, -0.2) is 13.1 Å². The van der Waals surface area contributed by atoms with Crippen molar-refractivity contribution >= 4 is 10.0 Å². The molecule has 17 heavy (non-hydrogen) atoms. The number of hydrogen-bond acceptors (Lipinski definition) is 3. The molecule has 0 aliphatic heterocycles. The van der Waals surface area contributed by atoms with E-state index in [0.29, 0.717) is 12.3 Å². The van der Waals surface area contributed by atoms with Crippen molar-refractivity contribution in [3.8, 4) is 6.07 Å². The molecule has 5 heteroatoms. The van der Waals surface area contributed by atoms with E-state index in [-0.39, 0.29) is 11.8 Å². The molecule has 1 aliphatic carbocycles. The van der Waals surface area contributed by atoms with Crippen LogP contribution in [0.25, 0.3) is 0 Å². The van der Waals surface area contributed by atoms with Crippen LogP contribution in [0, 0.1) is 17.2 Å². The predicted octanol–water partition coefficient (Wildman–Crippen LogP) is 2.18. The number of unbranched alkanes of at least 4 members (excludes halogenated alkanes) is 1. The summed E-state index contributed by atoms with van der Waals surface area (Å²) in [5.74, 6) is 0.707. The highest BCUT2D eigenvalue weighted by Crippen LogP contribution is 2.26. The molecule has 0 aromatic heterocycles. The van der Waals surface area contributed by atoms with Gasteiger partial charge in [-0.1, -0.05) is 13.3 Å². The highest BCUT2D eigenvalue weighted by Gasteiger charge is 2.24. The van der Waals surface area contributed by atoms with E-state index in [4.69, 9.17) is 5.26 Å². The van der Waals surface area contributed by atoms with Gasteiger partial charge in [0.1, 0.15) is 0 Å². The van der Waals surface area contributed by atoms with Crippen molar-refractivity contribution in [2.75, 3.05) is 5.75 Å². The third-order valence-electron chi connectivity index (χ3n) is 3.34. The summed E-state index contributed by atoms with van der Waals surface area (Å²) in [7, 11) is -3.09. The summed E-state index contributed by atoms with van der Waals surface area (Å²) in [6.07, 6.45) is 5.91. The number of nitriles is 1. The van der Waals surface area contributed by atoms with Gasteiger partial charge in [0.05, 0.1) is 11.8 Å². The summed E-state index contributed by atoms with van der Waals surface area (Å²) in [4.78, 5) is 0. The highest BCUT2D eigenvalue weighted by atomic mass is 32.2. The molecule has 0 unspecified atom stereocenters. The van der Waals surface area contributed by atoms with E-state index in [1.807, 2.05) is 6.92 Å². The van der Waals surface area contributed by atoms with Gasteiger partial charge in [0.2, 0.25) is 10.0 Å². The molecule has 0 amide bonds. The Balaban J connectivity index is 2.33. The van der Waals surface area contributed by atoms with Crippen molar-refractivity contribution in [3.63, 3.8) is 0 Å². The first-order valence-electron chi connectivity index (χ1n) is 6.44. The highest BCUT2D eigenvalue weighted by molar-refractivity contribution is 7.89. The van der Waals surface area contributed by atoms with Crippen LogP contribution in [-0.2, 0) is 10.0 Å². The summed E-state index contributed by atoms with van der Waals surface area (Å²) >= 11 is 0. The molecule has 1 aliphatic rings. The molecule has 0 spiro atoms. The van der Waals surface area contributed by atoms with Crippen LogP contribution in [0.3, 0.4) is 0 Å². The maximum Gasteiger partial charge on any atom is 0.211 e. The lowest BCUT2D eigenvalue weighted by atomic mass is 9.85. The van der Waals surface area contributed by atoms with E-state index in [0.717, 1.165) is 38.5 Å². The van der Waals surface area contributed by atoms with Gasteiger partial charge in [-0.3, -0.25) is 0 Å². The van der Waals surface area contributed by atoms with Crippen LogP contribution in [0.1, 0.15) is 51.9 Å². The monoisotopic (exact) mass is 258 g/mol. The zero-order valence-electron chi connectivity index (χ0n) is 10.5. The van der Waals surface area contributed by atoms with Crippen molar-refractivity contribution in [2.45, 2.75) is 57.9 Å². The number of rotatable bonds is 6. The minimum absolute atomic E-state index is 0.0896. The van der Waals surface area contributed by atoms with Crippen LogP contribution >= 0.6 is 0 Å². The van der Waals surface area contributed by atoms with E-state index >= 15 is 0 Å². The van der Waals surface area contributed by atoms with Crippen molar-refractivity contribution < 1.29 is 8.42 Å². The number of sulfonamides is 1. The van der Waals surface area contributed by atoms with E-state index in [2.05, 4.69) is 10.8 Å². The third-order valence-corrected chi connectivity index (χ3v) is 4.86. The maximum absolute atomic E-state index is 11.7. The van der Waals surface area contributed by atoms with Crippen molar-refractivity contribution in [3.05, 3.63) is 0 Å². The SMILES string of the molecule is CCCCS(=O)(=O)NC1CCC(CC#N)CC1. The van der Waals surface area contributed by atoms with Gasteiger partial charge < -0.3 is 0 Å². The molecular weight excluding hydrogens is 236 g/mol. The lowest BCUT2D eigenvalue weighted by molar-refractivity contribution is 0.317. The molecule has 0 heterocycles. The first-order chi connectivity index (χ1) is 8.07. The Kier molecular flexibility index (Phi) is 5.93. The molecule has 1 rings (SSSR count). The lowest BCUT2D eigenvalue weighted by Crippen LogP contribution is -2.38. The van der Waals surface area contributed by atoms with Gasteiger partial charge >= 0.3 is 0 Å². The second kappa shape index (κ2) is 6.97. The number of hydrogen-bond donors (Lipinski definition) is 1. The average molecular weight is 258 g/mol. The Morgan fingerprint density at radius 3 is 2.47 bits per heavy atom. The largest absolute Gasteiger partial charge is 0.212 e. The summed E-state index contributed by atoms with van der Waals surface area (Å²) in [6.45, 7) is 1.99. The quantitative estimate of drug-likeness (QED) is 0.793. The van der Waals surface area contributed by atoms with Crippen molar-refractivity contribution in [2.24, 2.45) is 5.92 Å². The molecule has 1 saturated carbocycles. The third kappa shape index (κ3) is 5.51. The zero-order valence-corrected chi connectivity index (χ0v) is 11.3. The lowest BCUT2D eigenvalue weighted by Gasteiger charge is -2.27. The topological polar surface area (TPSA) is 70.0 Å². The summed E-state index contributed by atoms with van der Waals surface area (Å²) in [6, 6.07) is 2.28. The van der Waals surface area contributed by atoms with Crippen LogP contribution in [0.2, 0.25) is 0 Å². The van der Waals surface area contributed by atoms with Crippen LogP contribution < -0.4 is 4.72 Å². The number of nitrogens with one attached hydrogen (secondary N) is 1. The fourth-order valence-corrected chi connectivity index (χ4v) is 3.79. The van der Waals surface area contributed by atoms with Crippen molar-refractivity contribution in [1.82, 2.24) is 4.72 Å². The Bertz CT molecular complexity index is 351. The molecule has 98 valence electrons. The predicted molar refractivity (Wildman–Crippen MR) is 67.8 cm³/mol. The molecule has 0 aromatic carbocycles. The van der Waals surface area contributed by atoms with Crippen LogP contribution in [0.5, 0.6) is 0 Å². The van der Waals surface area contributed by atoms with Gasteiger partial charge in [0.25, 0.3) is 0 Å². The van der Waals surface area contributed by atoms with E-state index in [1.165, 1.54) is 0 Å². The Labute approximate surface area is 104 Å². The summed E-state index contributed by atoms with van der Waals surface area (Å²) in [5, 5.41) is 8.61. The summed E-state index contributed by atoms with van der Waals surface area (Å²) < 4.78 is 26.2. The standard InChI is InChI=1S/C12H22N2O2S/c1-2-3-10-17(15,16)14-12-6-4-11(5-7-12)8-9-13/h11-12,14H,2-8,10H2,1H3. The fourth-order valence-electron chi connectivity index (χ4n) is 2.26. The molecule has 0 bridgehead atoms. The second-order valence-electron chi connectivity index (χ2n) is 4.87. The fraction of sp³-hybridized carbons (Fsp3) is 0.917. The molecule has 0 atom stereocenters. The smallest absolute Gasteiger partial charge is 0.211 e. The van der Waals surface area contributed by atoms with Gasteiger partial charge in [-0.05, 0) is 38.0 Å². The number of nitrogens with zero attached hydrogens (tertiary/aromatic N) is 1. The first kappa shape index (κ1) is 14.5. The average Bonchev–Trinajstić information content (AvgIpc) is 2.29. The zero-order chi connectivity index (χ0) is 12.7. The molecular formula is C12H22N2O2S. The first-order valence-corrected chi connectivity index (χ1v) is 8.09. The summed E-state index contributed by atoms with van der Waals surface area (Å²) in [5.41, 5.74) is 0. The normalized spacial score (nSPS) is 25.4. The molecule has 1 fully saturated rings. The molecule has 0 radical (unpaired) electrons. The Morgan fingerprint density at radius 1 is 1.29 bits per heavy atom. The van der Waals surface area contributed by atoms with E-state index < -0.39 is 10.0 Å². The second-order valence-corrected chi connectivity index (χ2v) is 6.74. The van der Waals surface area contributed by atoms with Crippen molar-refractivity contribution in [1.29, 1.82) is 5.26 Å². The maximum atomic E-state index is 11.7. The van der Waals surface area contributed by atoms with Gasteiger partial charge in [0, 0.05) is 12.5 Å². The Morgan fingerprint density at radius 2 is 1.94 bits per heavy atom. The minimum Gasteiger partial charge on any atom is -0.212 e. The van der Waals surface area contributed by atoms with E-state index in [9.17, 15) is 8.42 Å². The van der Waals surface area contributed by atoms with Gasteiger partial charge in [0.15, 0.2) is 0 Å². The Hall–Kier alpha value is -0.600. The molecule has 4 nitrogen and oxygen atoms in total. The minimum atomic E-state index is -3.09. The van der Waals surface area contributed by atoms with Crippen LogP contribution in [0.15, 0.2) is 0 Å². The van der Waals surface area contributed by atoms with Crippen LogP contribution in [0.4, 0.5) is 0 Å². The van der Waals surface area contributed by atoms with Gasteiger partial charge in [-0.15, -0.1) is 0 Å².